The molecule has 0 saturated heterocycles. The van der Waals surface area contributed by atoms with Gasteiger partial charge in [-0.15, -0.1) is 0 Å². The molecule has 0 radical (unpaired) electrons. The maximum Gasteiger partial charge on any atom is 0.249 e. The Morgan fingerprint density at radius 3 is 2.89 bits per heavy atom. The molecule has 1 fully saturated rings. The summed E-state index contributed by atoms with van der Waals surface area (Å²) in [5.41, 5.74) is 8.03. The second-order valence-corrected chi connectivity index (χ2v) is 5.62. The zero-order valence-electron chi connectivity index (χ0n) is 11.9. The van der Waals surface area contributed by atoms with Gasteiger partial charge < -0.3 is 11.1 Å². The molecule has 104 valence electrons. The standard InChI is InChI=1S/C16H24N2O/c1-3-12-6-4-7-13(10-12)18-15-9-5-8-14(11(15)2)16(17)19/h5,8-9,12-13,18H,3-4,6-7,10H2,1-2H3,(H2,17,19). The minimum Gasteiger partial charge on any atom is -0.382 e. The van der Waals surface area contributed by atoms with E-state index in [0.29, 0.717) is 11.6 Å². The van der Waals surface area contributed by atoms with Crippen molar-refractivity contribution in [2.75, 3.05) is 5.32 Å². The van der Waals surface area contributed by atoms with Gasteiger partial charge in [-0.25, -0.2) is 0 Å². The summed E-state index contributed by atoms with van der Waals surface area (Å²) in [6.07, 6.45) is 6.37. The number of nitrogens with one attached hydrogen (secondary N) is 1. The second kappa shape index (κ2) is 6.09. The number of amides is 1. The molecule has 19 heavy (non-hydrogen) atoms. The van der Waals surface area contributed by atoms with Crippen LogP contribution >= 0.6 is 0 Å². The number of hydrogen-bond donors (Lipinski definition) is 2. The summed E-state index contributed by atoms with van der Waals surface area (Å²) in [4.78, 5) is 11.4. The van der Waals surface area contributed by atoms with Crippen LogP contribution in [0.5, 0.6) is 0 Å². The van der Waals surface area contributed by atoms with Crippen molar-refractivity contribution in [3.63, 3.8) is 0 Å². The molecule has 2 atom stereocenters. The molecule has 0 bridgehead atoms. The lowest BCUT2D eigenvalue weighted by atomic mass is 9.84. The van der Waals surface area contributed by atoms with E-state index in [1.54, 1.807) is 6.07 Å². The topological polar surface area (TPSA) is 55.1 Å². The fraction of sp³-hybridized carbons (Fsp3) is 0.562. The van der Waals surface area contributed by atoms with Crippen molar-refractivity contribution in [2.45, 2.75) is 52.0 Å². The smallest absolute Gasteiger partial charge is 0.249 e. The van der Waals surface area contributed by atoms with E-state index in [-0.39, 0.29) is 5.91 Å². The third kappa shape index (κ3) is 3.28. The molecule has 3 nitrogen and oxygen atoms in total. The normalized spacial score (nSPS) is 23.1. The van der Waals surface area contributed by atoms with Gasteiger partial charge in [-0.1, -0.05) is 32.3 Å². The van der Waals surface area contributed by atoms with Gasteiger partial charge in [-0.2, -0.15) is 0 Å². The Bertz CT molecular complexity index is 456. The highest BCUT2D eigenvalue weighted by atomic mass is 16.1. The van der Waals surface area contributed by atoms with Gasteiger partial charge in [0.25, 0.3) is 0 Å². The molecule has 1 aromatic carbocycles. The molecule has 0 spiro atoms. The van der Waals surface area contributed by atoms with Crippen LogP contribution in [0.2, 0.25) is 0 Å². The van der Waals surface area contributed by atoms with Gasteiger partial charge in [0.2, 0.25) is 5.91 Å². The summed E-state index contributed by atoms with van der Waals surface area (Å²) in [6.45, 7) is 4.23. The first kappa shape index (κ1) is 13.9. The highest BCUT2D eigenvalue weighted by Gasteiger charge is 2.21. The van der Waals surface area contributed by atoms with Crippen molar-refractivity contribution >= 4 is 11.6 Å². The molecule has 2 rings (SSSR count). The predicted molar refractivity (Wildman–Crippen MR) is 79.4 cm³/mol. The largest absolute Gasteiger partial charge is 0.382 e. The van der Waals surface area contributed by atoms with Gasteiger partial charge in [0.05, 0.1) is 0 Å². The molecule has 1 aliphatic carbocycles. The lowest BCUT2D eigenvalue weighted by Crippen LogP contribution is -2.27. The summed E-state index contributed by atoms with van der Waals surface area (Å²) in [7, 11) is 0. The third-order valence-electron chi connectivity index (χ3n) is 4.32. The van der Waals surface area contributed by atoms with E-state index in [1.165, 1.54) is 32.1 Å². The lowest BCUT2D eigenvalue weighted by molar-refractivity contribution is 0.1000. The highest BCUT2D eigenvalue weighted by molar-refractivity contribution is 5.95. The van der Waals surface area contributed by atoms with Crippen LogP contribution < -0.4 is 11.1 Å². The average molecular weight is 260 g/mol. The van der Waals surface area contributed by atoms with Crippen molar-refractivity contribution in [2.24, 2.45) is 11.7 Å². The van der Waals surface area contributed by atoms with Gasteiger partial charge >= 0.3 is 0 Å². The van der Waals surface area contributed by atoms with Crippen LogP contribution in [0.25, 0.3) is 0 Å². The Morgan fingerprint density at radius 1 is 1.42 bits per heavy atom. The van der Waals surface area contributed by atoms with Gasteiger partial charge in [-0.05, 0) is 43.4 Å². The molecule has 1 aromatic rings. The maximum atomic E-state index is 11.4. The fourth-order valence-electron chi connectivity index (χ4n) is 3.07. The van der Waals surface area contributed by atoms with Crippen LogP contribution in [0.15, 0.2) is 18.2 Å². The number of primary amides is 1. The molecular formula is C16H24N2O. The Morgan fingerprint density at radius 2 is 2.21 bits per heavy atom. The molecule has 1 amide bonds. The Labute approximate surface area is 115 Å². The predicted octanol–water partition coefficient (Wildman–Crippen LogP) is 3.47. The maximum absolute atomic E-state index is 11.4. The van der Waals surface area contributed by atoms with Gasteiger partial charge in [0.1, 0.15) is 0 Å². The van der Waals surface area contributed by atoms with Crippen molar-refractivity contribution < 1.29 is 4.79 Å². The zero-order valence-corrected chi connectivity index (χ0v) is 11.9. The molecule has 0 heterocycles. The fourth-order valence-corrected chi connectivity index (χ4v) is 3.07. The van der Waals surface area contributed by atoms with E-state index in [1.807, 2.05) is 19.1 Å². The SMILES string of the molecule is CCC1CCCC(Nc2cccc(C(N)=O)c2C)C1. The summed E-state index contributed by atoms with van der Waals surface area (Å²) in [5, 5.41) is 3.60. The van der Waals surface area contributed by atoms with Crippen LogP contribution in [0.4, 0.5) is 5.69 Å². The highest BCUT2D eigenvalue weighted by Crippen LogP contribution is 2.30. The van der Waals surface area contributed by atoms with E-state index in [9.17, 15) is 4.79 Å². The number of anilines is 1. The quantitative estimate of drug-likeness (QED) is 0.871. The minimum atomic E-state index is -0.351. The minimum absolute atomic E-state index is 0.351. The summed E-state index contributed by atoms with van der Waals surface area (Å²) in [6, 6.07) is 6.26. The summed E-state index contributed by atoms with van der Waals surface area (Å²) in [5.74, 6) is 0.488. The lowest BCUT2D eigenvalue weighted by Gasteiger charge is -2.30. The number of carbonyl (C=O) groups is 1. The second-order valence-electron chi connectivity index (χ2n) is 5.62. The number of nitrogens with two attached hydrogens (primary N) is 1. The van der Waals surface area contributed by atoms with E-state index in [4.69, 9.17) is 5.73 Å². The van der Waals surface area contributed by atoms with Gasteiger partial charge in [0.15, 0.2) is 0 Å². The van der Waals surface area contributed by atoms with E-state index in [2.05, 4.69) is 12.2 Å². The molecule has 1 saturated carbocycles. The number of hydrogen-bond acceptors (Lipinski definition) is 2. The number of benzene rings is 1. The molecule has 0 aromatic heterocycles. The van der Waals surface area contributed by atoms with Crippen LogP contribution in [0.3, 0.4) is 0 Å². The Balaban J connectivity index is 2.10. The third-order valence-corrected chi connectivity index (χ3v) is 4.32. The monoisotopic (exact) mass is 260 g/mol. The number of rotatable bonds is 4. The summed E-state index contributed by atoms with van der Waals surface area (Å²) >= 11 is 0. The molecule has 0 aliphatic heterocycles. The van der Waals surface area contributed by atoms with Crippen LogP contribution in [-0.2, 0) is 0 Å². The number of carbonyl (C=O) groups excluding carboxylic acids is 1. The Hall–Kier alpha value is -1.51. The first-order valence-corrected chi connectivity index (χ1v) is 7.27. The van der Waals surface area contributed by atoms with E-state index < -0.39 is 0 Å². The van der Waals surface area contributed by atoms with Crippen molar-refractivity contribution in [1.82, 2.24) is 0 Å². The van der Waals surface area contributed by atoms with Gasteiger partial charge in [-0.3, -0.25) is 4.79 Å². The van der Waals surface area contributed by atoms with Gasteiger partial charge in [0, 0.05) is 17.3 Å². The van der Waals surface area contributed by atoms with Crippen molar-refractivity contribution in [1.29, 1.82) is 0 Å². The van der Waals surface area contributed by atoms with Crippen LogP contribution in [-0.4, -0.2) is 11.9 Å². The molecular weight excluding hydrogens is 236 g/mol. The molecule has 2 unspecified atom stereocenters. The molecule has 3 heteroatoms. The van der Waals surface area contributed by atoms with Crippen LogP contribution in [0.1, 0.15) is 54.9 Å². The van der Waals surface area contributed by atoms with Crippen molar-refractivity contribution in [3.8, 4) is 0 Å². The van der Waals surface area contributed by atoms with E-state index in [0.717, 1.165) is 17.2 Å². The summed E-state index contributed by atoms with van der Waals surface area (Å²) < 4.78 is 0. The van der Waals surface area contributed by atoms with Crippen molar-refractivity contribution in [3.05, 3.63) is 29.3 Å². The average Bonchev–Trinajstić information content (AvgIpc) is 2.41. The molecule has 1 aliphatic rings. The first-order chi connectivity index (χ1) is 9.11. The molecule has 3 N–H and O–H groups in total. The first-order valence-electron chi connectivity index (χ1n) is 7.27. The Kier molecular flexibility index (Phi) is 4.46. The van der Waals surface area contributed by atoms with Crippen LogP contribution in [0, 0.1) is 12.8 Å². The zero-order chi connectivity index (χ0) is 13.8. The van der Waals surface area contributed by atoms with E-state index >= 15 is 0 Å².